The molecule has 2 aromatic rings. The maximum absolute atomic E-state index is 5.71. The molecule has 0 saturated heterocycles. The van der Waals surface area contributed by atoms with E-state index in [0.717, 1.165) is 15.4 Å². The molecule has 22 heavy (non-hydrogen) atoms. The lowest BCUT2D eigenvalue weighted by Gasteiger charge is -2.08. The number of hydrogen-bond acceptors (Lipinski definition) is 0. The molecule has 0 fully saturated rings. The Kier molecular flexibility index (Phi) is 9.39. The molecular weight excluding hydrogens is 423 g/mol. The maximum atomic E-state index is 5.71. The molecule has 0 aromatic heterocycles. The van der Waals surface area contributed by atoms with Crippen molar-refractivity contribution in [3.63, 3.8) is 0 Å². The summed E-state index contributed by atoms with van der Waals surface area (Å²) in [5.41, 5.74) is 3.90. The van der Waals surface area contributed by atoms with Crippen LogP contribution in [0.5, 0.6) is 0 Å². The molecular formula is C19H23Br2Cl. The highest BCUT2D eigenvalue weighted by atomic mass is 79.9. The van der Waals surface area contributed by atoms with Gasteiger partial charge in [-0.15, -0.1) is 11.6 Å². The van der Waals surface area contributed by atoms with E-state index >= 15 is 0 Å². The summed E-state index contributed by atoms with van der Waals surface area (Å²) >= 11 is 12.7. The standard InChI is InChI=1S/C10H12BrCl.C9H11Br/c1-7(2)9-4-3-8(6-12)5-10(9)11;1-8(7-10)9-5-3-2-4-6-9/h3-5,7H,6H2,1-2H3;2-6,8H,7H2,1H3. The quantitative estimate of drug-likeness (QED) is 0.427. The zero-order valence-corrected chi connectivity index (χ0v) is 17.2. The van der Waals surface area contributed by atoms with Gasteiger partial charge in [0.1, 0.15) is 0 Å². The topological polar surface area (TPSA) is 0 Å². The van der Waals surface area contributed by atoms with Gasteiger partial charge in [0.25, 0.3) is 0 Å². The summed E-state index contributed by atoms with van der Waals surface area (Å²) in [6, 6.07) is 16.8. The van der Waals surface area contributed by atoms with E-state index in [4.69, 9.17) is 11.6 Å². The molecule has 0 radical (unpaired) electrons. The van der Waals surface area contributed by atoms with E-state index in [2.05, 4.69) is 95.1 Å². The second-order valence-corrected chi connectivity index (χ2v) is 7.38. The zero-order chi connectivity index (χ0) is 16.5. The van der Waals surface area contributed by atoms with Crippen molar-refractivity contribution in [1.82, 2.24) is 0 Å². The molecule has 1 atom stereocenters. The third-order valence-electron chi connectivity index (χ3n) is 3.44. The lowest BCUT2D eigenvalue weighted by Crippen LogP contribution is -1.92. The van der Waals surface area contributed by atoms with Gasteiger partial charge in [-0.25, -0.2) is 0 Å². The van der Waals surface area contributed by atoms with Crippen molar-refractivity contribution in [2.45, 2.75) is 38.5 Å². The van der Waals surface area contributed by atoms with E-state index in [9.17, 15) is 0 Å². The summed E-state index contributed by atoms with van der Waals surface area (Å²) < 4.78 is 1.16. The lowest BCUT2D eigenvalue weighted by atomic mass is 10.0. The van der Waals surface area contributed by atoms with Crippen LogP contribution in [0.3, 0.4) is 0 Å². The number of benzene rings is 2. The molecule has 0 saturated carbocycles. The smallest absolute Gasteiger partial charge is 0.0474 e. The molecule has 0 nitrogen and oxygen atoms in total. The summed E-state index contributed by atoms with van der Waals surface area (Å²) in [4.78, 5) is 0. The molecule has 0 heterocycles. The van der Waals surface area contributed by atoms with Gasteiger partial charge in [0.2, 0.25) is 0 Å². The molecule has 1 unspecified atom stereocenters. The average Bonchev–Trinajstić information content (AvgIpc) is 2.55. The monoisotopic (exact) mass is 444 g/mol. The number of alkyl halides is 2. The van der Waals surface area contributed by atoms with Crippen LogP contribution in [0.2, 0.25) is 0 Å². The van der Waals surface area contributed by atoms with Crippen LogP contribution in [0.15, 0.2) is 53.0 Å². The number of halogens is 3. The summed E-state index contributed by atoms with van der Waals surface area (Å²) in [7, 11) is 0. The number of hydrogen-bond donors (Lipinski definition) is 0. The van der Waals surface area contributed by atoms with Crippen molar-refractivity contribution in [3.8, 4) is 0 Å². The Labute approximate surface area is 156 Å². The Hall–Kier alpha value is -0.310. The fraction of sp³-hybridized carbons (Fsp3) is 0.368. The van der Waals surface area contributed by atoms with E-state index in [1.165, 1.54) is 11.1 Å². The van der Waals surface area contributed by atoms with Crippen molar-refractivity contribution < 1.29 is 0 Å². The van der Waals surface area contributed by atoms with Gasteiger partial charge in [0.15, 0.2) is 0 Å². The van der Waals surface area contributed by atoms with Crippen LogP contribution in [-0.4, -0.2) is 5.33 Å². The fourth-order valence-corrected chi connectivity index (χ4v) is 3.42. The maximum Gasteiger partial charge on any atom is 0.0474 e. The van der Waals surface area contributed by atoms with Gasteiger partial charge in [0, 0.05) is 15.7 Å². The van der Waals surface area contributed by atoms with E-state index in [1.54, 1.807) is 0 Å². The summed E-state index contributed by atoms with van der Waals surface area (Å²) in [6.45, 7) is 6.57. The molecule has 2 aromatic carbocycles. The zero-order valence-electron chi connectivity index (χ0n) is 13.3. The minimum atomic E-state index is 0.559. The molecule has 0 N–H and O–H groups in total. The normalized spacial score (nSPS) is 11.8. The Morgan fingerprint density at radius 3 is 2.09 bits per heavy atom. The van der Waals surface area contributed by atoms with Gasteiger partial charge in [-0.1, -0.05) is 95.1 Å². The fourth-order valence-electron chi connectivity index (χ4n) is 1.99. The molecule has 0 spiro atoms. The summed E-state index contributed by atoms with van der Waals surface area (Å²) in [5, 5.41) is 1.04. The van der Waals surface area contributed by atoms with Crippen molar-refractivity contribution in [2.24, 2.45) is 0 Å². The lowest BCUT2D eigenvalue weighted by molar-refractivity contribution is 0.860. The summed E-state index contributed by atoms with van der Waals surface area (Å²) in [5.74, 6) is 1.77. The first-order chi connectivity index (χ1) is 10.5. The first-order valence-electron chi connectivity index (χ1n) is 7.44. The van der Waals surface area contributed by atoms with Crippen molar-refractivity contribution in [3.05, 3.63) is 69.7 Å². The van der Waals surface area contributed by atoms with Gasteiger partial charge in [0.05, 0.1) is 0 Å². The highest BCUT2D eigenvalue weighted by Gasteiger charge is 2.04. The van der Waals surface area contributed by atoms with E-state index in [1.807, 2.05) is 6.07 Å². The van der Waals surface area contributed by atoms with Crippen LogP contribution < -0.4 is 0 Å². The van der Waals surface area contributed by atoms with Crippen LogP contribution >= 0.6 is 43.5 Å². The van der Waals surface area contributed by atoms with Crippen LogP contribution in [0, 0.1) is 0 Å². The Bertz CT molecular complexity index is 553. The Morgan fingerprint density at radius 1 is 1.00 bits per heavy atom. The van der Waals surface area contributed by atoms with Crippen LogP contribution in [0.1, 0.15) is 49.3 Å². The predicted octanol–water partition coefficient (Wildman–Crippen LogP) is 7.50. The van der Waals surface area contributed by atoms with Crippen molar-refractivity contribution in [2.75, 3.05) is 5.33 Å². The minimum absolute atomic E-state index is 0.559. The molecule has 3 heteroatoms. The van der Waals surface area contributed by atoms with Gasteiger partial charge in [-0.3, -0.25) is 0 Å². The number of rotatable bonds is 4. The van der Waals surface area contributed by atoms with Crippen molar-refractivity contribution in [1.29, 1.82) is 0 Å². The van der Waals surface area contributed by atoms with E-state index in [-0.39, 0.29) is 0 Å². The Morgan fingerprint density at radius 2 is 1.64 bits per heavy atom. The molecule has 2 rings (SSSR count). The van der Waals surface area contributed by atoms with Crippen LogP contribution in [0.25, 0.3) is 0 Å². The predicted molar refractivity (Wildman–Crippen MR) is 106 cm³/mol. The Balaban J connectivity index is 0.000000224. The van der Waals surface area contributed by atoms with Gasteiger partial charge < -0.3 is 0 Å². The van der Waals surface area contributed by atoms with Crippen LogP contribution in [-0.2, 0) is 5.88 Å². The minimum Gasteiger partial charge on any atom is -0.122 e. The van der Waals surface area contributed by atoms with Gasteiger partial charge in [-0.05, 0) is 34.6 Å². The van der Waals surface area contributed by atoms with Gasteiger partial charge >= 0.3 is 0 Å². The van der Waals surface area contributed by atoms with Crippen molar-refractivity contribution >= 4 is 43.5 Å². The highest BCUT2D eigenvalue weighted by Crippen LogP contribution is 2.26. The van der Waals surface area contributed by atoms with E-state index in [0.29, 0.717) is 17.7 Å². The molecule has 0 aliphatic rings. The molecule has 0 aliphatic heterocycles. The highest BCUT2D eigenvalue weighted by molar-refractivity contribution is 9.10. The molecule has 0 amide bonds. The summed E-state index contributed by atoms with van der Waals surface area (Å²) in [6.07, 6.45) is 0. The SMILES string of the molecule is CC(C)c1ccc(CCl)cc1Br.CC(CBr)c1ccccc1. The van der Waals surface area contributed by atoms with Crippen LogP contribution in [0.4, 0.5) is 0 Å². The molecule has 0 bridgehead atoms. The third-order valence-corrected chi connectivity index (χ3v) is 5.41. The largest absolute Gasteiger partial charge is 0.122 e. The van der Waals surface area contributed by atoms with E-state index < -0.39 is 0 Å². The van der Waals surface area contributed by atoms with Gasteiger partial charge in [-0.2, -0.15) is 0 Å². The molecule has 0 aliphatic carbocycles. The second-order valence-electron chi connectivity index (χ2n) is 5.61. The molecule has 120 valence electrons. The average molecular weight is 447 g/mol. The third kappa shape index (κ3) is 6.44. The first kappa shape index (κ1) is 19.7. The first-order valence-corrected chi connectivity index (χ1v) is 9.89. The second kappa shape index (κ2) is 10.5.